The summed E-state index contributed by atoms with van der Waals surface area (Å²) in [6, 6.07) is 14.9. The van der Waals surface area contributed by atoms with E-state index < -0.39 is 0 Å². The van der Waals surface area contributed by atoms with Crippen molar-refractivity contribution < 1.29 is 4.39 Å². The summed E-state index contributed by atoms with van der Waals surface area (Å²) < 4.78 is 14.0. The Hall–Kier alpha value is -2.04. The molecule has 0 spiro atoms. The zero-order valence-corrected chi connectivity index (χ0v) is 12.5. The van der Waals surface area contributed by atoms with Crippen LogP contribution in [-0.4, -0.2) is 4.98 Å². The van der Waals surface area contributed by atoms with Crippen molar-refractivity contribution in [2.24, 2.45) is 5.73 Å². The third-order valence-electron chi connectivity index (χ3n) is 3.28. The van der Waals surface area contributed by atoms with Crippen molar-refractivity contribution in [2.75, 3.05) is 0 Å². The van der Waals surface area contributed by atoms with Crippen LogP contribution in [0.15, 0.2) is 48.5 Å². The molecule has 0 aliphatic heterocycles. The van der Waals surface area contributed by atoms with Gasteiger partial charge in [-0.2, -0.15) is 0 Å². The monoisotopic (exact) mass is 298 g/mol. The molecule has 0 fully saturated rings. The zero-order valence-electron chi connectivity index (χ0n) is 11.6. The maximum absolute atomic E-state index is 14.0. The second-order valence-electron chi connectivity index (χ2n) is 4.84. The second kappa shape index (κ2) is 5.76. The summed E-state index contributed by atoms with van der Waals surface area (Å²) in [7, 11) is 0. The number of hydrogen-bond donors (Lipinski definition) is 1. The van der Waals surface area contributed by atoms with Crippen LogP contribution in [0.3, 0.4) is 0 Å². The van der Waals surface area contributed by atoms with Crippen LogP contribution in [0.5, 0.6) is 0 Å². The lowest BCUT2D eigenvalue weighted by atomic mass is 10.1. The average Bonchev–Trinajstić information content (AvgIpc) is 2.94. The summed E-state index contributed by atoms with van der Waals surface area (Å²) in [5, 5.41) is 0.676. The van der Waals surface area contributed by atoms with Gasteiger partial charge < -0.3 is 5.73 Å². The van der Waals surface area contributed by atoms with Gasteiger partial charge in [-0.15, -0.1) is 11.3 Å². The Bertz CT molecular complexity index is 766. The van der Waals surface area contributed by atoms with Crippen molar-refractivity contribution in [1.29, 1.82) is 0 Å². The highest BCUT2D eigenvalue weighted by atomic mass is 32.1. The predicted octanol–water partition coefficient (Wildman–Crippen LogP) is 4.38. The van der Waals surface area contributed by atoms with Gasteiger partial charge in [0, 0.05) is 22.5 Å². The highest BCUT2D eigenvalue weighted by molar-refractivity contribution is 7.15. The van der Waals surface area contributed by atoms with Gasteiger partial charge in [0.15, 0.2) is 0 Å². The van der Waals surface area contributed by atoms with Crippen LogP contribution in [0.2, 0.25) is 0 Å². The van der Waals surface area contributed by atoms with E-state index in [-0.39, 0.29) is 5.82 Å². The van der Waals surface area contributed by atoms with Gasteiger partial charge in [-0.1, -0.05) is 42.0 Å². The normalized spacial score (nSPS) is 10.8. The number of benzene rings is 2. The van der Waals surface area contributed by atoms with Crippen LogP contribution >= 0.6 is 11.3 Å². The van der Waals surface area contributed by atoms with Crippen molar-refractivity contribution in [3.8, 4) is 21.8 Å². The first-order chi connectivity index (χ1) is 10.2. The lowest BCUT2D eigenvalue weighted by Gasteiger charge is -2.00. The van der Waals surface area contributed by atoms with Gasteiger partial charge in [0.2, 0.25) is 0 Å². The van der Waals surface area contributed by atoms with Gasteiger partial charge in [-0.3, -0.25) is 0 Å². The van der Waals surface area contributed by atoms with Crippen LogP contribution in [0, 0.1) is 12.7 Å². The van der Waals surface area contributed by atoms with Crippen LogP contribution in [0.25, 0.3) is 21.8 Å². The Labute approximate surface area is 127 Å². The minimum Gasteiger partial charge on any atom is -0.326 e. The largest absolute Gasteiger partial charge is 0.326 e. The fourth-order valence-corrected chi connectivity index (χ4v) is 3.21. The summed E-state index contributed by atoms with van der Waals surface area (Å²) in [6.07, 6.45) is 0. The molecule has 4 heteroatoms. The standard InChI is InChI=1S/C17H15FN2S/c1-11-7-8-14(18)13(9-11)17-20-16(15(10-19)21-17)12-5-3-2-4-6-12/h2-9H,10,19H2,1H3. The molecular weight excluding hydrogens is 283 g/mol. The van der Waals surface area contributed by atoms with Crippen molar-refractivity contribution in [3.63, 3.8) is 0 Å². The predicted molar refractivity (Wildman–Crippen MR) is 85.6 cm³/mol. The van der Waals surface area contributed by atoms with E-state index >= 15 is 0 Å². The molecule has 0 unspecified atom stereocenters. The molecule has 0 saturated carbocycles. The van der Waals surface area contributed by atoms with E-state index in [0.29, 0.717) is 17.1 Å². The number of rotatable bonds is 3. The molecule has 21 heavy (non-hydrogen) atoms. The zero-order chi connectivity index (χ0) is 14.8. The molecule has 2 aromatic carbocycles. The molecule has 0 saturated heterocycles. The van der Waals surface area contributed by atoms with Crippen molar-refractivity contribution in [3.05, 3.63) is 64.8 Å². The SMILES string of the molecule is Cc1ccc(F)c(-c2nc(-c3ccccc3)c(CN)s2)c1. The fourth-order valence-electron chi connectivity index (χ4n) is 2.23. The van der Waals surface area contributed by atoms with E-state index in [1.165, 1.54) is 17.4 Å². The Morgan fingerprint density at radius 3 is 2.62 bits per heavy atom. The number of aryl methyl sites for hydroxylation is 1. The molecule has 0 radical (unpaired) electrons. The molecule has 3 rings (SSSR count). The molecule has 0 atom stereocenters. The third kappa shape index (κ3) is 2.73. The van der Waals surface area contributed by atoms with E-state index in [1.807, 2.05) is 43.3 Å². The lowest BCUT2D eigenvalue weighted by molar-refractivity contribution is 0.631. The molecule has 0 amide bonds. The molecular formula is C17H15FN2S. The Morgan fingerprint density at radius 2 is 1.90 bits per heavy atom. The first-order valence-electron chi connectivity index (χ1n) is 6.70. The second-order valence-corrected chi connectivity index (χ2v) is 5.93. The van der Waals surface area contributed by atoms with E-state index in [9.17, 15) is 4.39 Å². The van der Waals surface area contributed by atoms with Crippen LogP contribution < -0.4 is 5.73 Å². The van der Waals surface area contributed by atoms with Crippen LogP contribution in [-0.2, 0) is 6.54 Å². The number of halogens is 1. The van der Waals surface area contributed by atoms with E-state index in [1.54, 1.807) is 6.07 Å². The molecule has 106 valence electrons. The summed E-state index contributed by atoms with van der Waals surface area (Å²) >= 11 is 1.45. The molecule has 2 N–H and O–H groups in total. The first-order valence-corrected chi connectivity index (χ1v) is 7.52. The summed E-state index contributed by atoms with van der Waals surface area (Å²) in [6.45, 7) is 2.34. The maximum atomic E-state index is 14.0. The maximum Gasteiger partial charge on any atom is 0.133 e. The highest BCUT2D eigenvalue weighted by Gasteiger charge is 2.15. The quantitative estimate of drug-likeness (QED) is 0.779. The minimum absolute atomic E-state index is 0.252. The van der Waals surface area contributed by atoms with E-state index in [0.717, 1.165) is 21.7 Å². The number of nitrogens with zero attached hydrogens (tertiary/aromatic N) is 1. The Balaban J connectivity index is 2.14. The number of nitrogens with two attached hydrogens (primary N) is 1. The van der Waals surface area contributed by atoms with Gasteiger partial charge >= 0.3 is 0 Å². The first kappa shape index (κ1) is 13.9. The van der Waals surface area contributed by atoms with Gasteiger partial charge in [-0.05, 0) is 19.1 Å². The number of thiazole rings is 1. The topological polar surface area (TPSA) is 38.9 Å². The molecule has 0 aliphatic rings. The molecule has 2 nitrogen and oxygen atoms in total. The van der Waals surface area contributed by atoms with Gasteiger partial charge in [0.05, 0.1) is 5.69 Å². The molecule has 0 aliphatic carbocycles. The number of hydrogen-bond acceptors (Lipinski definition) is 3. The van der Waals surface area contributed by atoms with Gasteiger partial charge in [-0.25, -0.2) is 9.37 Å². The van der Waals surface area contributed by atoms with Crippen molar-refractivity contribution in [2.45, 2.75) is 13.5 Å². The summed E-state index contributed by atoms with van der Waals surface area (Å²) in [4.78, 5) is 5.59. The third-order valence-corrected chi connectivity index (χ3v) is 4.39. The Morgan fingerprint density at radius 1 is 1.14 bits per heavy atom. The van der Waals surface area contributed by atoms with Crippen molar-refractivity contribution >= 4 is 11.3 Å². The van der Waals surface area contributed by atoms with Crippen LogP contribution in [0.4, 0.5) is 4.39 Å². The van der Waals surface area contributed by atoms with Gasteiger partial charge in [0.1, 0.15) is 10.8 Å². The molecule has 1 heterocycles. The molecule has 0 bridgehead atoms. The molecule has 1 aromatic heterocycles. The number of aromatic nitrogens is 1. The smallest absolute Gasteiger partial charge is 0.133 e. The minimum atomic E-state index is -0.252. The highest BCUT2D eigenvalue weighted by Crippen LogP contribution is 2.35. The average molecular weight is 298 g/mol. The van der Waals surface area contributed by atoms with E-state index in [2.05, 4.69) is 4.98 Å². The summed E-state index contributed by atoms with van der Waals surface area (Å²) in [5.74, 6) is -0.252. The van der Waals surface area contributed by atoms with Gasteiger partial charge in [0.25, 0.3) is 0 Å². The fraction of sp³-hybridized carbons (Fsp3) is 0.118. The summed E-state index contributed by atoms with van der Waals surface area (Å²) in [5.41, 5.74) is 9.23. The van der Waals surface area contributed by atoms with Crippen LogP contribution in [0.1, 0.15) is 10.4 Å². The Kier molecular flexibility index (Phi) is 3.82. The molecule has 3 aromatic rings. The lowest BCUT2D eigenvalue weighted by Crippen LogP contribution is -1.95. The van der Waals surface area contributed by atoms with Crippen molar-refractivity contribution in [1.82, 2.24) is 4.98 Å². The van der Waals surface area contributed by atoms with E-state index in [4.69, 9.17) is 5.73 Å².